The maximum absolute atomic E-state index is 12.9. The topological polar surface area (TPSA) is 78.9 Å². The summed E-state index contributed by atoms with van der Waals surface area (Å²) in [5, 5.41) is 0. The Bertz CT molecular complexity index is 1590. The van der Waals surface area contributed by atoms with Gasteiger partial charge in [0.1, 0.15) is 13.2 Å². The molecule has 0 aliphatic heterocycles. The molecular formula is C73H124O6. The molecule has 0 aromatic carbocycles. The Morgan fingerprint density at radius 3 is 0.772 bits per heavy atom. The second kappa shape index (κ2) is 66.6. The van der Waals surface area contributed by atoms with Gasteiger partial charge in [0.05, 0.1) is 0 Å². The van der Waals surface area contributed by atoms with E-state index in [0.29, 0.717) is 19.3 Å². The molecule has 0 aliphatic carbocycles. The van der Waals surface area contributed by atoms with Gasteiger partial charge in [-0.25, -0.2) is 0 Å². The van der Waals surface area contributed by atoms with Crippen molar-refractivity contribution in [1.82, 2.24) is 0 Å². The molecule has 452 valence electrons. The number of carbonyl (C=O) groups excluding carboxylic acids is 3. The van der Waals surface area contributed by atoms with Gasteiger partial charge in [0, 0.05) is 19.3 Å². The zero-order valence-electron chi connectivity index (χ0n) is 51.9. The first-order valence-corrected chi connectivity index (χ1v) is 33.4. The van der Waals surface area contributed by atoms with Crippen LogP contribution in [0.3, 0.4) is 0 Å². The first kappa shape index (κ1) is 75.1. The predicted molar refractivity (Wildman–Crippen MR) is 343 cm³/mol. The first-order chi connectivity index (χ1) is 39.0. The molecule has 0 aliphatic rings. The number of hydrogen-bond acceptors (Lipinski definition) is 6. The fourth-order valence-electron chi connectivity index (χ4n) is 9.21. The van der Waals surface area contributed by atoms with Gasteiger partial charge in [0.2, 0.25) is 0 Å². The van der Waals surface area contributed by atoms with E-state index >= 15 is 0 Å². The number of unbranched alkanes of at least 4 members (excludes halogenated alkanes) is 31. The van der Waals surface area contributed by atoms with E-state index < -0.39 is 6.10 Å². The second-order valence-electron chi connectivity index (χ2n) is 22.0. The lowest BCUT2D eigenvalue weighted by Crippen LogP contribution is -2.30. The highest BCUT2D eigenvalue weighted by Crippen LogP contribution is 2.17. The number of carbonyl (C=O) groups is 3. The Balaban J connectivity index is 4.17. The van der Waals surface area contributed by atoms with Crippen LogP contribution in [0.1, 0.15) is 316 Å². The van der Waals surface area contributed by atoms with Gasteiger partial charge in [-0.1, -0.05) is 291 Å². The number of esters is 3. The molecular weight excluding hydrogens is 973 g/mol. The van der Waals surface area contributed by atoms with E-state index in [0.717, 1.165) is 141 Å². The summed E-state index contributed by atoms with van der Waals surface area (Å²) in [5.74, 6) is -0.906. The SMILES string of the molecule is CC/C=C\C/C=C\C/C=C\C/C=C\C/C=C\CCCCCCCCCCCCCCCCCCCC(=O)OCC(COC(=O)CCCCCCC/C=C\C/C=C\CCCC)OC(=O)CCCCCCC/C=C\C/C=C\CCCC. The van der Waals surface area contributed by atoms with Gasteiger partial charge in [0.15, 0.2) is 6.10 Å². The molecule has 0 bridgehead atoms. The van der Waals surface area contributed by atoms with E-state index in [4.69, 9.17) is 14.2 Å². The summed E-state index contributed by atoms with van der Waals surface area (Å²) in [4.78, 5) is 38.3. The van der Waals surface area contributed by atoms with Gasteiger partial charge in [-0.2, -0.15) is 0 Å². The average Bonchev–Trinajstić information content (AvgIpc) is 3.45. The minimum absolute atomic E-state index is 0.0863. The van der Waals surface area contributed by atoms with E-state index in [1.807, 2.05) is 0 Å². The molecule has 1 unspecified atom stereocenters. The highest BCUT2D eigenvalue weighted by Gasteiger charge is 2.19. The molecule has 0 aromatic heterocycles. The van der Waals surface area contributed by atoms with Crippen molar-refractivity contribution >= 4 is 17.9 Å². The number of hydrogen-bond donors (Lipinski definition) is 0. The molecule has 0 rings (SSSR count). The predicted octanol–water partition coefficient (Wildman–Crippen LogP) is 23.0. The number of allylic oxidation sites excluding steroid dienone is 18. The maximum atomic E-state index is 12.9. The van der Waals surface area contributed by atoms with Crippen LogP contribution in [0.25, 0.3) is 0 Å². The molecule has 6 heteroatoms. The van der Waals surface area contributed by atoms with Crippen molar-refractivity contribution in [2.24, 2.45) is 0 Å². The van der Waals surface area contributed by atoms with Gasteiger partial charge in [-0.05, 0) is 116 Å². The van der Waals surface area contributed by atoms with Crippen molar-refractivity contribution in [3.8, 4) is 0 Å². The average molecular weight is 1100 g/mol. The van der Waals surface area contributed by atoms with E-state index in [9.17, 15) is 14.4 Å². The third-order valence-electron chi connectivity index (χ3n) is 14.2. The Labute approximate surface area is 489 Å². The molecule has 0 saturated heterocycles. The molecule has 1 atom stereocenters. The molecule has 6 nitrogen and oxygen atoms in total. The Hall–Kier alpha value is -3.93. The van der Waals surface area contributed by atoms with Gasteiger partial charge in [-0.3, -0.25) is 14.4 Å². The lowest BCUT2D eigenvalue weighted by Gasteiger charge is -2.18. The van der Waals surface area contributed by atoms with Crippen LogP contribution in [-0.2, 0) is 28.6 Å². The molecule has 0 amide bonds. The van der Waals surface area contributed by atoms with Crippen LogP contribution in [0, 0.1) is 0 Å². The Morgan fingerprint density at radius 2 is 0.494 bits per heavy atom. The second-order valence-corrected chi connectivity index (χ2v) is 22.0. The minimum Gasteiger partial charge on any atom is -0.462 e. The van der Waals surface area contributed by atoms with Crippen molar-refractivity contribution < 1.29 is 28.6 Å². The molecule has 79 heavy (non-hydrogen) atoms. The standard InChI is InChI=1S/C73H124O6/c1-4-7-10-13-16-19-22-25-28-29-30-31-32-33-34-35-36-37-38-39-40-41-42-43-44-45-46-49-51-54-57-60-63-66-72(75)78-69-70(79-73(76)67-64-61-58-55-52-48-27-24-21-18-15-12-9-6-3)68-77-71(74)65-62-59-56-53-50-47-26-23-20-17-14-11-8-5-2/h7,10,14-19,23-28,30-31,33-34,70H,4-6,8-9,11-13,20-22,29,32,35-69H2,1-3H3/b10-7-,17-14-,18-15-,19-16-,26-23-,27-24-,28-25-,31-30-,34-33-. The number of rotatable bonds is 60. The fourth-order valence-corrected chi connectivity index (χ4v) is 9.21. The highest BCUT2D eigenvalue weighted by atomic mass is 16.6. The van der Waals surface area contributed by atoms with Crippen LogP contribution in [0.4, 0.5) is 0 Å². The van der Waals surface area contributed by atoms with Gasteiger partial charge in [0.25, 0.3) is 0 Å². The normalized spacial score (nSPS) is 12.8. The van der Waals surface area contributed by atoms with E-state index in [-0.39, 0.29) is 31.1 Å². The van der Waals surface area contributed by atoms with Gasteiger partial charge in [-0.15, -0.1) is 0 Å². The van der Waals surface area contributed by atoms with E-state index in [1.54, 1.807) is 0 Å². The third kappa shape index (κ3) is 64.8. The third-order valence-corrected chi connectivity index (χ3v) is 14.2. The van der Waals surface area contributed by atoms with E-state index in [1.165, 1.54) is 135 Å². The Kier molecular flexibility index (Phi) is 63.3. The van der Waals surface area contributed by atoms with Crippen molar-refractivity contribution in [2.75, 3.05) is 13.2 Å². The van der Waals surface area contributed by atoms with Crippen LogP contribution >= 0.6 is 0 Å². The Morgan fingerprint density at radius 1 is 0.266 bits per heavy atom. The zero-order valence-corrected chi connectivity index (χ0v) is 51.9. The van der Waals surface area contributed by atoms with Gasteiger partial charge < -0.3 is 14.2 Å². The summed E-state index contributed by atoms with van der Waals surface area (Å²) in [5.41, 5.74) is 0. The summed E-state index contributed by atoms with van der Waals surface area (Å²) < 4.78 is 16.9. The van der Waals surface area contributed by atoms with Crippen molar-refractivity contribution in [2.45, 2.75) is 322 Å². The molecule has 0 spiro atoms. The monoisotopic (exact) mass is 1100 g/mol. The maximum Gasteiger partial charge on any atom is 0.306 e. The van der Waals surface area contributed by atoms with Crippen LogP contribution in [-0.4, -0.2) is 37.2 Å². The lowest BCUT2D eigenvalue weighted by molar-refractivity contribution is -0.167. The molecule has 0 radical (unpaired) electrons. The highest BCUT2D eigenvalue weighted by molar-refractivity contribution is 5.71. The minimum atomic E-state index is -0.791. The smallest absolute Gasteiger partial charge is 0.306 e. The van der Waals surface area contributed by atoms with Crippen LogP contribution in [0.2, 0.25) is 0 Å². The molecule has 0 heterocycles. The van der Waals surface area contributed by atoms with Crippen LogP contribution in [0.15, 0.2) is 109 Å². The zero-order chi connectivity index (χ0) is 57.1. The summed E-state index contributed by atoms with van der Waals surface area (Å²) in [7, 11) is 0. The lowest BCUT2D eigenvalue weighted by atomic mass is 10.0. The molecule has 0 N–H and O–H groups in total. The van der Waals surface area contributed by atoms with Crippen LogP contribution in [0.5, 0.6) is 0 Å². The first-order valence-electron chi connectivity index (χ1n) is 33.4. The van der Waals surface area contributed by atoms with Crippen LogP contribution < -0.4 is 0 Å². The summed E-state index contributed by atoms with van der Waals surface area (Å²) in [6.07, 6.45) is 91.1. The van der Waals surface area contributed by atoms with Crippen molar-refractivity contribution in [1.29, 1.82) is 0 Å². The molecule has 0 saturated carbocycles. The molecule has 0 aromatic rings. The van der Waals surface area contributed by atoms with Crippen molar-refractivity contribution in [3.63, 3.8) is 0 Å². The van der Waals surface area contributed by atoms with E-state index in [2.05, 4.69) is 130 Å². The largest absolute Gasteiger partial charge is 0.462 e. The van der Waals surface area contributed by atoms with Crippen molar-refractivity contribution in [3.05, 3.63) is 109 Å². The number of ether oxygens (including phenoxy) is 3. The summed E-state index contributed by atoms with van der Waals surface area (Å²) in [6, 6.07) is 0. The summed E-state index contributed by atoms with van der Waals surface area (Å²) >= 11 is 0. The summed E-state index contributed by atoms with van der Waals surface area (Å²) in [6.45, 7) is 6.44. The molecule has 0 fully saturated rings. The quantitative estimate of drug-likeness (QED) is 0.0261. The fraction of sp³-hybridized carbons (Fsp3) is 0.712. The van der Waals surface area contributed by atoms with Gasteiger partial charge >= 0.3 is 17.9 Å².